The zero-order valence-electron chi connectivity index (χ0n) is 19.7. The third-order valence-corrected chi connectivity index (χ3v) is 6.41. The first-order chi connectivity index (χ1) is 17.3. The summed E-state index contributed by atoms with van der Waals surface area (Å²) in [6.45, 7) is 2.03. The van der Waals surface area contributed by atoms with Gasteiger partial charge in [-0.1, -0.05) is 23.4 Å². The summed E-state index contributed by atoms with van der Waals surface area (Å²) >= 11 is 0. The number of carbonyl (C=O) groups excluding carboxylic acids is 4. The number of rotatable bonds is 6. The summed E-state index contributed by atoms with van der Waals surface area (Å²) in [5.41, 5.74) is 3.86. The first-order valence-electron chi connectivity index (χ1n) is 11.5. The predicted molar refractivity (Wildman–Crippen MR) is 127 cm³/mol. The first-order valence-corrected chi connectivity index (χ1v) is 11.5. The van der Waals surface area contributed by atoms with Gasteiger partial charge < -0.3 is 9.42 Å². The van der Waals surface area contributed by atoms with Crippen LogP contribution in [0.2, 0.25) is 0 Å². The highest BCUT2D eigenvalue weighted by Gasteiger charge is 2.46. The van der Waals surface area contributed by atoms with Gasteiger partial charge >= 0.3 is 0 Å². The molecule has 3 heterocycles. The van der Waals surface area contributed by atoms with Gasteiger partial charge in [0.05, 0.1) is 24.1 Å². The molecule has 1 aromatic carbocycles. The largest absolute Gasteiger partial charge is 0.362 e. The quantitative estimate of drug-likeness (QED) is 0.412. The van der Waals surface area contributed by atoms with Crippen LogP contribution in [0.5, 0.6) is 0 Å². The van der Waals surface area contributed by atoms with Crippen LogP contribution in [-0.2, 0) is 25.7 Å². The smallest absolute Gasteiger partial charge is 0.246 e. The van der Waals surface area contributed by atoms with E-state index in [-0.39, 0.29) is 31.0 Å². The van der Waals surface area contributed by atoms with Gasteiger partial charge in [0.15, 0.2) is 11.6 Å². The molecule has 36 heavy (non-hydrogen) atoms. The normalized spacial score (nSPS) is 19.9. The number of piperidine rings is 1. The fourth-order valence-corrected chi connectivity index (χ4v) is 4.58. The third-order valence-electron chi connectivity index (χ3n) is 6.41. The fourth-order valence-electron chi connectivity index (χ4n) is 4.58. The molecule has 1 fully saturated rings. The van der Waals surface area contributed by atoms with Crippen molar-refractivity contribution in [2.75, 3.05) is 7.05 Å². The van der Waals surface area contributed by atoms with Gasteiger partial charge in [-0.3, -0.25) is 29.5 Å². The lowest BCUT2D eigenvalue weighted by atomic mass is 9.82. The second kappa shape index (κ2) is 9.29. The molecule has 1 aliphatic heterocycles. The molecule has 1 N–H and O–H groups in total. The summed E-state index contributed by atoms with van der Waals surface area (Å²) in [5.74, 6) is -3.17. The minimum absolute atomic E-state index is 0.100. The highest BCUT2D eigenvalue weighted by atomic mass is 16.5. The molecule has 2 atom stereocenters. The Morgan fingerprint density at radius 2 is 1.86 bits per heavy atom. The van der Waals surface area contributed by atoms with Crippen molar-refractivity contribution in [3.05, 3.63) is 66.0 Å². The summed E-state index contributed by atoms with van der Waals surface area (Å²) < 4.78 is 5.41. The van der Waals surface area contributed by atoms with Crippen molar-refractivity contribution in [2.45, 2.75) is 26.3 Å². The van der Waals surface area contributed by atoms with Gasteiger partial charge in [0.25, 0.3) is 0 Å². The highest BCUT2D eigenvalue weighted by Crippen LogP contribution is 2.32. The van der Waals surface area contributed by atoms with Gasteiger partial charge in [-0.25, -0.2) is 0 Å². The second-order valence-electron chi connectivity index (χ2n) is 8.97. The van der Waals surface area contributed by atoms with Crippen molar-refractivity contribution >= 4 is 23.4 Å². The number of hydrogen-bond donors (Lipinski definition) is 1. The van der Waals surface area contributed by atoms with E-state index in [1.807, 2.05) is 43.3 Å². The standard InChI is InChI=1S/C26H23N5O5/c1-14-10-16(8-9-27-14)15-4-3-5-17(11-15)25-29-22(36-30-25)13-31(2)19-12-20(32)23(24(19)34)18-6-7-21(33)28-26(18)35/h3-5,8-12,18,23H,6-7,13H2,1-2H3,(H,28,33,35). The van der Waals surface area contributed by atoms with E-state index in [9.17, 15) is 19.2 Å². The molecular formula is C26H23N5O5. The minimum atomic E-state index is -1.12. The van der Waals surface area contributed by atoms with Crippen molar-refractivity contribution in [3.63, 3.8) is 0 Å². The zero-order valence-corrected chi connectivity index (χ0v) is 19.7. The molecule has 2 aliphatic rings. The zero-order chi connectivity index (χ0) is 25.4. The van der Waals surface area contributed by atoms with Gasteiger partial charge in [-0.15, -0.1) is 0 Å². The van der Waals surface area contributed by atoms with E-state index >= 15 is 0 Å². The lowest BCUT2D eigenvalue weighted by Gasteiger charge is -2.25. The van der Waals surface area contributed by atoms with Crippen LogP contribution in [0.3, 0.4) is 0 Å². The van der Waals surface area contributed by atoms with Crippen LogP contribution in [0.25, 0.3) is 22.5 Å². The van der Waals surface area contributed by atoms with Crippen molar-refractivity contribution in [1.29, 1.82) is 0 Å². The van der Waals surface area contributed by atoms with E-state index in [1.165, 1.54) is 6.08 Å². The number of amides is 2. The Kier molecular flexibility index (Phi) is 6.01. The van der Waals surface area contributed by atoms with Gasteiger partial charge in [0.2, 0.25) is 23.5 Å². The molecule has 10 heteroatoms. The van der Waals surface area contributed by atoms with Crippen LogP contribution >= 0.6 is 0 Å². The number of carbonyl (C=O) groups is 4. The van der Waals surface area contributed by atoms with Gasteiger partial charge in [0.1, 0.15) is 0 Å². The summed E-state index contributed by atoms with van der Waals surface area (Å²) in [4.78, 5) is 59.5. The molecule has 1 saturated heterocycles. The van der Waals surface area contributed by atoms with Crippen LogP contribution in [0.1, 0.15) is 24.4 Å². The number of nitrogens with zero attached hydrogens (tertiary/aromatic N) is 4. The summed E-state index contributed by atoms with van der Waals surface area (Å²) in [7, 11) is 1.64. The third kappa shape index (κ3) is 4.45. The van der Waals surface area contributed by atoms with Crippen LogP contribution in [0.15, 0.2) is 58.9 Å². The first kappa shape index (κ1) is 23.3. The molecule has 0 bridgehead atoms. The molecule has 3 aromatic rings. The molecule has 2 amide bonds. The number of imide groups is 1. The molecule has 5 rings (SSSR count). The van der Waals surface area contributed by atoms with E-state index in [0.29, 0.717) is 5.82 Å². The Hall–Kier alpha value is -4.47. The topological polar surface area (TPSA) is 135 Å². The number of Topliss-reactive ketones (excluding diaryl/α,β-unsaturated/α-hetero) is 1. The number of nitrogens with one attached hydrogen (secondary N) is 1. The molecular weight excluding hydrogens is 462 g/mol. The fraction of sp³-hybridized carbons (Fsp3) is 0.269. The SMILES string of the molecule is Cc1cc(-c2cccc(-c3noc(CN(C)C4=CC(=O)C(C5CCC(=O)NC5=O)C4=O)n3)c2)ccn1. The number of likely N-dealkylation sites (N-methyl/N-ethyl adjacent to an activating group) is 1. The van der Waals surface area contributed by atoms with E-state index in [1.54, 1.807) is 18.1 Å². The minimum Gasteiger partial charge on any atom is -0.362 e. The highest BCUT2D eigenvalue weighted by molar-refractivity contribution is 6.23. The van der Waals surface area contributed by atoms with Gasteiger partial charge in [-0.2, -0.15) is 4.98 Å². The van der Waals surface area contributed by atoms with Crippen LogP contribution < -0.4 is 5.32 Å². The Balaban J connectivity index is 1.29. The van der Waals surface area contributed by atoms with Crippen LogP contribution in [0.4, 0.5) is 0 Å². The number of aromatic nitrogens is 3. The molecule has 0 radical (unpaired) electrons. The number of pyridine rings is 1. The molecule has 0 spiro atoms. The van der Waals surface area contributed by atoms with E-state index < -0.39 is 35.2 Å². The summed E-state index contributed by atoms with van der Waals surface area (Å²) in [6.07, 6.45) is 3.27. The molecule has 2 aromatic heterocycles. The van der Waals surface area contributed by atoms with E-state index in [4.69, 9.17) is 4.52 Å². The second-order valence-corrected chi connectivity index (χ2v) is 8.97. The van der Waals surface area contributed by atoms with Crippen LogP contribution in [0, 0.1) is 18.8 Å². The molecule has 2 unspecified atom stereocenters. The number of ketones is 2. The van der Waals surface area contributed by atoms with E-state index in [2.05, 4.69) is 20.4 Å². The molecule has 1 aliphatic carbocycles. The van der Waals surface area contributed by atoms with Crippen molar-refractivity contribution in [1.82, 2.24) is 25.3 Å². The van der Waals surface area contributed by atoms with Crippen LogP contribution in [-0.4, -0.2) is 50.5 Å². The monoisotopic (exact) mass is 485 g/mol. The van der Waals surface area contributed by atoms with Crippen molar-refractivity contribution < 1.29 is 23.7 Å². The molecule has 10 nitrogen and oxygen atoms in total. The van der Waals surface area contributed by atoms with Crippen molar-refractivity contribution in [3.8, 4) is 22.5 Å². The average Bonchev–Trinajstić information content (AvgIpc) is 3.43. The number of aryl methyl sites for hydroxylation is 1. The molecule has 182 valence electrons. The maximum absolute atomic E-state index is 13.0. The Bertz CT molecular complexity index is 1430. The number of benzene rings is 1. The Morgan fingerprint density at radius 3 is 2.64 bits per heavy atom. The average molecular weight is 486 g/mol. The Labute approximate surface area is 206 Å². The maximum Gasteiger partial charge on any atom is 0.246 e. The van der Waals surface area contributed by atoms with Gasteiger partial charge in [0, 0.05) is 37.0 Å². The lowest BCUT2D eigenvalue weighted by molar-refractivity contribution is -0.143. The predicted octanol–water partition coefficient (Wildman–Crippen LogP) is 2.24. The maximum atomic E-state index is 13.0. The Morgan fingerprint density at radius 1 is 1.08 bits per heavy atom. The lowest BCUT2D eigenvalue weighted by Crippen LogP contribution is -2.46. The summed E-state index contributed by atoms with van der Waals surface area (Å²) in [6, 6.07) is 11.7. The van der Waals surface area contributed by atoms with Gasteiger partial charge in [-0.05, 0) is 42.7 Å². The van der Waals surface area contributed by atoms with E-state index in [0.717, 1.165) is 22.4 Å². The number of hydrogen-bond acceptors (Lipinski definition) is 9. The summed E-state index contributed by atoms with van der Waals surface area (Å²) in [5, 5.41) is 6.29. The van der Waals surface area contributed by atoms with Crippen molar-refractivity contribution in [2.24, 2.45) is 11.8 Å². The molecule has 0 saturated carbocycles. The number of allylic oxidation sites excluding steroid dienone is 2.